The molecule has 132 valence electrons. The lowest BCUT2D eigenvalue weighted by atomic mass is 9.89. The smallest absolute Gasteiger partial charge is 0.407 e. The second kappa shape index (κ2) is 9.36. The van der Waals surface area contributed by atoms with Gasteiger partial charge in [-0.15, -0.1) is 0 Å². The molecule has 0 spiro atoms. The van der Waals surface area contributed by atoms with Gasteiger partial charge in [0.05, 0.1) is 0 Å². The first-order chi connectivity index (χ1) is 10.1. The molecule has 0 aromatic rings. The molecule has 0 radical (unpaired) electrons. The number of nitrogens with one attached hydrogen (secondary N) is 2. The van der Waals surface area contributed by atoms with Gasteiger partial charge in [0.15, 0.2) is 0 Å². The molecule has 0 aromatic heterocycles. The van der Waals surface area contributed by atoms with Crippen LogP contribution in [0.15, 0.2) is 0 Å². The van der Waals surface area contributed by atoms with Gasteiger partial charge in [0.1, 0.15) is 5.60 Å². The molecule has 5 heteroatoms. The lowest BCUT2D eigenvalue weighted by Crippen LogP contribution is -2.55. The molecule has 0 saturated carbocycles. The van der Waals surface area contributed by atoms with Crippen LogP contribution in [0, 0.1) is 11.8 Å². The normalized spacial score (nSPS) is 14.0. The van der Waals surface area contributed by atoms with E-state index in [-0.39, 0.29) is 11.6 Å². The maximum atomic E-state index is 11.9. The molecule has 0 aliphatic rings. The van der Waals surface area contributed by atoms with Crippen LogP contribution in [0.5, 0.6) is 0 Å². The van der Waals surface area contributed by atoms with Gasteiger partial charge in [0, 0.05) is 12.1 Å². The fraction of sp³-hybridized carbons (Fsp3) is 0.941. The van der Waals surface area contributed by atoms with E-state index in [4.69, 9.17) is 10.5 Å². The Morgan fingerprint density at radius 3 is 2.09 bits per heavy atom. The first-order valence-electron chi connectivity index (χ1n) is 8.51. The largest absolute Gasteiger partial charge is 0.444 e. The highest BCUT2D eigenvalue weighted by atomic mass is 16.6. The van der Waals surface area contributed by atoms with E-state index in [1.54, 1.807) is 0 Å². The van der Waals surface area contributed by atoms with Crippen LogP contribution in [0.1, 0.15) is 61.3 Å². The van der Waals surface area contributed by atoms with Crippen molar-refractivity contribution in [2.45, 2.75) is 72.4 Å². The Kier molecular flexibility index (Phi) is 9.01. The second-order valence-electron chi connectivity index (χ2n) is 7.46. The summed E-state index contributed by atoms with van der Waals surface area (Å²) in [6.07, 6.45) is 1.52. The summed E-state index contributed by atoms with van der Waals surface area (Å²) in [6.45, 7) is 16.4. The molecule has 1 amide bonds. The Balaban J connectivity index is 4.58. The fourth-order valence-electron chi connectivity index (χ4n) is 2.31. The molecule has 0 rings (SSSR count). The molecular formula is C17H37N3O2. The fourth-order valence-corrected chi connectivity index (χ4v) is 2.31. The van der Waals surface area contributed by atoms with Crippen molar-refractivity contribution in [3.05, 3.63) is 0 Å². The van der Waals surface area contributed by atoms with Crippen molar-refractivity contribution < 1.29 is 9.53 Å². The van der Waals surface area contributed by atoms with Gasteiger partial charge in [-0.05, 0) is 58.5 Å². The average molecular weight is 316 g/mol. The number of hydrogen-bond donors (Lipinski definition) is 3. The number of nitrogens with two attached hydrogens (primary N) is 1. The van der Waals surface area contributed by atoms with Gasteiger partial charge in [-0.3, -0.25) is 0 Å². The number of alkyl carbamates (subject to hydrolysis) is 1. The number of carbonyl (C=O) groups excluding carboxylic acids is 1. The van der Waals surface area contributed by atoms with Gasteiger partial charge in [0.2, 0.25) is 0 Å². The van der Waals surface area contributed by atoms with Crippen LogP contribution >= 0.6 is 0 Å². The van der Waals surface area contributed by atoms with E-state index in [0.717, 1.165) is 19.4 Å². The molecular weight excluding hydrogens is 278 g/mol. The molecule has 5 nitrogen and oxygen atoms in total. The maximum Gasteiger partial charge on any atom is 0.407 e. The average Bonchev–Trinajstić information content (AvgIpc) is 2.41. The van der Waals surface area contributed by atoms with E-state index in [1.165, 1.54) is 0 Å². The SMILES string of the molecule is CCC(CC)(CNC(=O)OC(C)(C)C)NCC(CN)C(C)C. The number of hydrogen-bond acceptors (Lipinski definition) is 4. The van der Waals surface area contributed by atoms with Crippen molar-refractivity contribution in [2.24, 2.45) is 17.6 Å². The molecule has 0 fully saturated rings. The van der Waals surface area contributed by atoms with E-state index in [0.29, 0.717) is 24.9 Å². The summed E-state index contributed by atoms with van der Waals surface area (Å²) >= 11 is 0. The van der Waals surface area contributed by atoms with Crippen molar-refractivity contribution >= 4 is 6.09 Å². The highest BCUT2D eigenvalue weighted by Crippen LogP contribution is 2.17. The van der Waals surface area contributed by atoms with Crippen LogP contribution in [0.4, 0.5) is 4.79 Å². The molecule has 1 unspecified atom stereocenters. The zero-order valence-corrected chi connectivity index (χ0v) is 15.6. The highest BCUT2D eigenvalue weighted by molar-refractivity contribution is 5.67. The Morgan fingerprint density at radius 1 is 1.18 bits per heavy atom. The van der Waals surface area contributed by atoms with Crippen molar-refractivity contribution in [3.8, 4) is 0 Å². The van der Waals surface area contributed by atoms with Crippen molar-refractivity contribution in [1.29, 1.82) is 0 Å². The zero-order chi connectivity index (χ0) is 17.4. The van der Waals surface area contributed by atoms with Crippen LogP contribution in [0.3, 0.4) is 0 Å². The van der Waals surface area contributed by atoms with Gasteiger partial charge >= 0.3 is 6.09 Å². The Hall–Kier alpha value is -0.810. The standard InChI is InChI=1S/C17H37N3O2/c1-8-17(9-2,20-11-14(10-18)13(3)4)12-19-15(21)22-16(5,6)7/h13-14,20H,8-12,18H2,1-7H3,(H,19,21). The van der Waals surface area contributed by atoms with Gasteiger partial charge in [-0.2, -0.15) is 0 Å². The Labute approximate surface area is 136 Å². The molecule has 0 bridgehead atoms. The Bertz CT molecular complexity index is 320. The van der Waals surface area contributed by atoms with Crippen LogP contribution in [-0.2, 0) is 4.74 Å². The molecule has 4 N–H and O–H groups in total. The van der Waals surface area contributed by atoms with E-state index in [1.807, 2.05) is 20.8 Å². The predicted octanol–water partition coefficient (Wildman–Crippen LogP) is 2.89. The van der Waals surface area contributed by atoms with Crippen molar-refractivity contribution in [1.82, 2.24) is 10.6 Å². The molecule has 0 heterocycles. The topological polar surface area (TPSA) is 76.4 Å². The van der Waals surface area contributed by atoms with E-state index >= 15 is 0 Å². The Morgan fingerprint density at radius 2 is 1.73 bits per heavy atom. The summed E-state index contributed by atoms with van der Waals surface area (Å²) in [5.74, 6) is 0.988. The highest BCUT2D eigenvalue weighted by Gasteiger charge is 2.28. The van der Waals surface area contributed by atoms with E-state index in [2.05, 4.69) is 38.3 Å². The second-order valence-corrected chi connectivity index (χ2v) is 7.46. The first kappa shape index (κ1) is 21.2. The van der Waals surface area contributed by atoms with Crippen molar-refractivity contribution in [2.75, 3.05) is 19.6 Å². The molecule has 1 atom stereocenters. The summed E-state index contributed by atoms with van der Waals surface area (Å²) in [4.78, 5) is 11.9. The molecule has 0 aliphatic carbocycles. The molecule has 0 saturated heterocycles. The van der Waals surface area contributed by atoms with Crippen LogP contribution < -0.4 is 16.4 Å². The third-order valence-electron chi connectivity index (χ3n) is 4.31. The van der Waals surface area contributed by atoms with Gasteiger partial charge in [-0.1, -0.05) is 27.7 Å². The third-order valence-corrected chi connectivity index (χ3v) is 4.31. The number of ether oxygens (including phenoxy) is 1. The molecule has 22 heavy (non-hydrogen) atoms. The van der Waals surface area contributed by atoms with E-state index in [9.17, 15) is 4.79 Å². The minimum atomic E-state index is -0.471. The molecule has 0 aromatic carbocycles. The van der Waals surface area contributed by atoms with Gasteiger partial charge < -0.3 is 21.1 Å². The maximum absolute atomic E-state index is 11.9. The van der Waals surface area contributed by atoms with Crippen LogP contribution in [-0.4, -0.2) is 36.9 Å². The van der Waals surface area contributed by atoms with Crippen LogP contribution in [0.2, 0.25) is 0 Å². The van der Waals surface area contributed by atoms with E-state index < -0.39 is 5.60 Å². The quantitative estimate of drug-likeness (QED) is 0.611. The van der Waals surface area contributed by atoms with Crippen LogP contribution in [0.25, 0.3) is 0 Å². The summed E-state index contributed by atoms with van der Waals surface area (Å²) in [7, 11) is 0. The lowest BCUT2D eigenvalue weighted by Gasteiger charge is -2.35. The molecule has 0 aliphatic heterocycles. The number of amides is 1. The first-order valence-corrected chi connectivity index (χ1v) is 8.51. The number of carbonyl (C=O) groups is 1. The van der Waals surface area contributed by atoms with Gasteiger partial charge in [-0.25, -0.2) is 4.79 Å². The summed E-state index contributed by atoms with van der Waals surface area (Å²) in [5.41, 5.74) is 5.26. The summed E-state index contributed by atoms with van der Waals surface area (Å²) in [6, 6.07) is 0. The summed E-state index contributed by atoms with van der Waals surface area (Å²) in [5, 5.41) is 6.53. The minimum Gasteiger partial charge on any atom is -0.444 e. The predicted molar refractivity (Wildman–Crippen MR) is 92.9 cm³/mol. The summed E-state index contributed by atoms with van der Waals surface area (Å²) < 4.78 is 5.31. The zero-order valence-electron chi connectivity index (χ0n) is 15.6. The monoisotopic (exact) mass is 315 g/mol. The minimum absolute atomic E-state index is 0.112. The van der Waals surface area contributed by atoms with Gasteiger partial charge in [0.25, 0.3) is 0 Å². The lowest BCUT2D eigenvalue weighted by molar-refractivity contribution is 0.0506. The third kappa shape index (κ3) is 7.99. The number of rotatable bonds is 9. The van der Waals surface area contributed by atoms with Crippen molar-refractivity contribution in [3.63, 3.8) is 0 Å².